The number of hydrogen-bond acceptors (Lipinski definition) is 5. The molecule has 21 heavy (non-hydrogen) atoms. The minimum absolute atomic E-state index is 0.125. The number of carbonyl (C=O) groups is 1. The third kappa shape index (κ3) is 3.33. The molecular weight excluding hydrogens is 288 g/mol. The fourth-order valence-corrected chi connectivity index (χ4v) is 2.74. The molecule has 1 aromatic heterocycles. The number of methoxy groups -OCH3 is 2. The Bertz CT molecular complexity index is 640. The van der Waals surface area contributed by atoms with E-state index in [4.69, 9.17) is 9.47 Å². The highest BCUT2D eigenvalue weighted by atomic mass is 32.1. The van der Waals surface area contributed by atoms with E-state index < -0.39 is 0 Å². The molecule has 0 saturated heterocycles. The highest BCUT2D eigenvalue weighted by Gasteiger charge is 2.18. The minimum Gasteiger partial charge on any atom is -0.497 e. The zero-order valence-corrected chi connectivity index (χ0v) is 13.3. The Kier molecular flexibility index (Phi) is 4.80. The molecule has 0 bridgehead atoms. The number of benzene rings is 1. The average Bonchev–Trinajstić information content (AvgIpc) is 2.92. The van der Waals surface area contributed by atoms with Gasteiger partial charge in [-0.15, -0.1) is 11.3 Å². The third-order valence-electron chi connectivity index (χ3n) is 3.21. The molecule has 1 N–H and O–H groups in total. The smallest absolute Gasteiger partial charge is 0.263 e. The second-order valence-electron chi connectivity index (χ2n) is 4.57. The quantitative estimate of drug-likeness (QED) is 0.922. The summed E-state index contributed by atoms with van der Waals surface area (Å²) in [6.07, 6.45) is 0. The van der Waals surface area contributed by atoms with Gasteiger partial charge >= 0.3 is 0 Å². The molecular formula is C15H18N2O3S. The molecule has 1 heterocycles. The largest absolute Gasteiger partial charge is 0.497 e. The first-order valence-electron chi connectivity index (χ1n) is 6.49. The standard InChI is InChI=1S/C15H18N2O3S/c1-9(17-15(18)14-10(2)16-8-21-14)12-6-5-11(19-3)7-13(12)20-4/h5-9H,1-4H3,(H,17,18)/t9-/m0/s1. The van der Waals surface area contributed by atoms with Crippen molar-refractivity contribution in [1.82, 2.24) is 10.3 Å². The molecule has 0 unspecified atom stereocenters. The minimum atomic E-state index is -0.181. The highest BCUT2D eigenvalue weighted by molar-refractivity contribution is 7.11. The normalized spacial score (nSPS) is 11.8. The second kappa shape index (κ2) is 6.58. The van der Waals surface area contributed by atoms with Crippen molar-refractivity contribution in [2.75, 3.05) is 14.2 Å². The molecule has 0 spiro atoms. The van der Waals surface area contributed by atoms with Crippen LogP contribution in [0.3, 0.4) is 0 Å². The number of thiazole rings is 1. The van der Waals surface area contributed by atoms with Crippen LogP contribution >= 0.6 is 11.3 Å². The lowest BCUT2D eigenvalue weighted by Crippen LogP contribution is -2.26. The van der Waals surface area contributed by atoms with Gasteiger partial charge in [-0.3, -0.25) is 4.79 Å². The van der Waals surface area contributed by atoms with E-state index in [-0.39, 0.29) is 11.9 Å². The van der Waals surface area contributed by atoms with Crippen LogP contribution in [0.1, 0.15) is 33.9 Å². The number of hydrogen-bond donors (Lipinski definition) is 1. The summed E-state index contributed by atoms with van der Waals surface area (Å²) in [6, 6.07) is 5.36. The molecule has 1 aromatic carbocycles. The lowest BCUT2D eigenvalue weighted by molar-refractivity contribution is 0.0943. The van der Waals surface area contributed by atoms with Gasteiger partial charge in [0.2, 0.25) is 0 Å². The van der Waals surface area contributed by atoms with Crippen LogP contribution in [-0.4, -0.2) is 25.1 Å². The maximum absolute atomic E-state index is 12.2. The Balaban J connectivity index is 2.18. The van der Waals surface area contributed by atoms with Gasteiger partial charge in [-0.1, -0.05) is 0 Å². The summed E-state index contributed by atoms with van der Waals surface area (Å²) in [6.45, 7) is 3.74. The Morgan fingerprint density at radius 3 is 2.67 bits per heavy atom. The van der Waals surface area contributed by atoms with E-state index >= 15 is 0 Å². The predicted octanol–water partition coefficient (Wildman–Crippen LogP) is 2.96. The molecule has 112 valence electrons. The first-order valence-corrected chi connectivity index (χ1v) is 7.37. The van der Waals surface area contributed by atoms with Crippen LogP contribution in [0.25, 0.3) is 0 Å². The summed E-state index contributed by atoms with van der Waals surface area (Å²) in [5, 5.41) is 2.96. The van der Waals surface area contributed by atoms with Gasteiger partial charge in [-0.25, -0.2) is 4.98 Å². The molecule has 5 nitrogen and oxygen atoms in total. The summed E-state index contributed by atoms with van der Waals surface area (Å²) in [5.74, 6) is 1.27. The van der Waals surface area contributed by atoms with Crippen molar-refractivity contribution in [3.63, 3.8) is 0 Å². The van der Waals surface area contributed by atoms with E-state index in [0.717, 1.165) is 11.3 Å². The molecule has 2 rings (SSSR count). The molecule has 0 radical (unpaired) electrons. The zero-order chi connectivity index (χ0) is 15.4. The summed E-state index contributed by atoms with van der Waals surface area (Å²) in [5.41, 5.74) is 3.31. The number of nitrogens with one attached hydrogen (secondary N) is 1. The number of carbonyl (C=O) groups excluding carboxylic acids is 1. The van der Waals surface area contributed by atoms with E-state index in [2.05, 4.69) is 10.3 Å². The fourth-order valence-electron chi connectivity index (χ4n) is 2.04. The van der Waals surface area contributed by atoms with Gasteiger partial charge in [0.1, 0.15) is 16.4 Å². The van der Waals surface area contributed by atoms with E-state index in [1.807, 2.05) is 26.0 Å². The van der Waals surface area contributed by atoms with Crippen LogP contribution in [0.2, 0.25) is 0 Å². The third-order valence-corrected chi connectivity index (χ3v) is 4.13. The number of rotatable bonds is 5. The number of nitrogens with zero attached hydrogens (tertiary/aromatic N) is 1. The van der Waals surface area contributed by atoms with Gasteiger partial charge < -0.3 is 14.8 Å². The highest BCUT2D eigenvalue weighted by Crippen LogP contribution is 2.29. The molecule has 1 amide bonds. The lowest BCUT2D eigenvalue weighted by Gasteiger charge is -2.17. The Morgan fingerprint density at radius 1 is 1.33 bits per heavy atom. The predicted molar refractivity (Wildman–Crippen MR) is 82.3 cm³/mol. The van der Waals surface area contributed by atoms with E-state index in [9.17, 15) is 4.79 Å². The molecule has 2 aromatic rings. The molecule has 0 saturated carbocycles. The van der Waals surface area contributed by atoms with Crippen molar-refractivity contribution >= 4 is 17.2 Å². The fraction of sp³-hybridized carbons (Fsp3) is 0.333. The van der Waals surface area contributed by atoms with Gasteiger partial charge in [0.25, 0.3) is 5.91 Å². The van der Waals surface area contributed by atoms with Crippen LogP contribution in [0.4, 0.5) is 0 Å². The van der Waals surface area contributed by atoms with Crippen LogP contribution in [0.5, 0.6) is 11.5 Å². The number of amides is 1. The van der Waals surface area contributed by atoms with Crippen molar-refractivity contribution in [2.24, 2.45) is 0 Å². The second-order valence-corrected chi connectivity index (χ2v) is 5.42. The van der Waals surface area contributed by atoms with Crippen LogP contribution in [0, 0.1) is 6.92 Å². The first kappa shape index (κ1) is 15.3. The SMILES string of the molecule is COc1ccc([C@H](C)NC(=O)c2scnc2C)c(OC)c1. The zero-order valence-electron chi connectivity index (χ0n) is 12.5. The van der Waals surface area contributed by atoms with Crippen LogP contribution in [0.15, 0.2) is 23.7 Å². The molecule has 0 fully saturated rings. The summed E-state index contributed by atoms with van der Waals surface area (Å²) in [7, 11) is 3.20. The van der Waals surface area contributed by atoms with E-state index in [1.54, 1.807) is 25.8 Å². The molecule has 0 aliphatic rings. The summed E-state index contributed by atoms with van der Waals surface area (Å²) >= 11 is 1.34. The number of ether oxygens (including phenoxy) is 2. The van der Waals surface area contributed by atoms with Gasteiger partial charge in [-0.2, -0.15) is 0 Å². The maximum atomic E-state index is 12.2. The van der Waals surface area contributed by atoms with E-state index in [0.29, 0.717) is 16.4 Å². The molecule has 1 atom stereocenters. The topological polar surface area (TPSA) is 60.5 Å². The van der Waals surface area contributed by atoms with Crippen LogP contribution < -0.4 is 14.8 Å². The van der Waals surface area contributed by atoms with Crippen molar-refractivity contribution in [1.29, 1.82) is 0 Å². The van der Waals surface area contributed by atoms with Crippen molar-refractivity contribution in [3.05, 3.63) is 39.8 Å². The van der Waals surface area contributed by atoms with Crippen molar-refractivity contribution < 1.29 is 14.3 Å². The summed E-state index contributed by atoms with van der Waals surface area (Å²) < 4.78 is 10.5. The van der Waals surface area contributed by atoms with Gasteiger partial charge in [-0.05, 0) is 26.0 Å². The van der Waals surface area contributed by atoms with Gasteiger partial charge in [0.15, 0.2) is 0 Å². The van der Waals surface area contributed by atoms with Gasteiger partial charge in [0.05, 0.1) is 31.5 Å². The molecule has 0 aliphatic carbocycles. The number of aryl methyl sites for hydroxylation is 1. The van der Waals surface area contributed by atoms with Crippen molar-refractivity contribution in [3.8, 4) is 11.5 Å². The van der Waals surface area contributed by atoms with Crippen LogP contribution in [-0.2, 0) is 0 Å². The Hall–Kier alpha value is -2.08. The summed E-state index contributed by atoms with van der Waals surface area (Å²) in [4.78, 5) is 17.0. The maximum Gasteiger partial charge on any atom is 0.263 e. The Labute approximate surface area is 127 Å². The lowest BCUT2D eigenvalue weighted by atomic mass is 10.1. The van der Waals surface area contributed by atoms with Gasteiger partial charge in [0, 0.05) is 11.6 Å². The average molecular weight is 306 g/mol. The monoisotopic (exact) mass is 306 g/mol. The van der Waals surface area contributed by atoms with E-state index in [1.165, 1.54) is 11.3 Å². The van der Waals surface area contributed by atoms with Crippen molar-refractivity contribution in [2.45, 2.75) is 19.9 Å². The Morgan fingerprint density at radius 2 is 2.10 bits per heavy atom. The first-order chi connectivity index (χ1) is 10.1. The molecule has 0 aliphatic heterocycles. The number of aromatic nitrogens is 1. The molecule has 6 heteroatoms.